The summed E-state index contributed by atoms with van der Waals surface area (Å²) in [6, 6.07) is 16.2. The van der Waals surface area contributed by atoms with E-state index in [4.69, 9.17) is 18.9 Å². The van der Waals surface area contributed by atoms with Crippen molar-refractivity contribution in [2.75, 3.05) is 49.4 Å². The van der Waals surface area contributed by atoms with Crippen LogP contribution in [0.25, 0.3) is 0 Å². The Labute approximate surface area is 357 Å². The number of rotatable bonds is 38. The van der Waals surface area contributed by atoms with Crippen LogP contribution < -0.4 is 9.47 Å². The molecule has 0 spiro atoms. The first kappa shape index (κ1) is 50.8. The van der Waals surface area contributed by atoms with Crippen molar-refractivity contribution in [3.63, 3.8) is 0 Å². The van der Waals surface area contributed by atoms with E-state index < -0.39 is 0 Å². The molecule has 0 atom stereocenters. The largest absolute Gasteiger partial charge is 0.490 e. The normalized spacial score (nSPS) is 11.4. The smallest absolute Gasteiger partial charge is 0.306 e. The highest BCUT2D eigenvalue weighted by Gasteiger charge is 2.23. The zero-order valence-electron chi connectivity index (χ0n) is 36.6. The number of carbonyl (C=O) groups excluding carboxylic acids is 2. The highest BCUT2D eigenvalue weighted by molar-refractivity contribution is 7.99. The fourth-order valence-electron chi connectivity index (χ4n) is 6.77. The number of hydrogen-bond donors (Lipinski definition) is 0. The average Bonchev–Trinajstić information content (AvgIpc) is 3.22. The van der Waals surface area contributed by atoms with E-state index in [2.05, 4.69) is 52.0 Å². The monoisotopic (exact) mass is 829 g/mol. The number of esters is 2. The van der Waals surface area contributed by atoms with Crippen molar-refractivity contribution in [2.24, 2.45) is 0 Å². The van der Waals surface area contributed by atoms with Gasteiger partial charge < -0.3 is 18.9 Å². The number of unbranched alkanes of at least 4 members (excludes halogenated alkanes) is 18. The lowest BCUT2D eigenvalue weighted by atomic mass is 9.78. The van der Waals surface area contributed by atoms with Gasteiger partial charge >= 0.3 is 11.9 Å². The number of ether oxygens (including phenoxy) is 4. The van der Waals surface area contributed by atoms with E-state index in [1.807, 2.05) is 47.8 Å². The Morgan fingerprint density at radius 2 is 0.754 bits per heavy atom. The minimum atomic E-state index is -0.223. The highest BCUT2D eigenvalue weighted by Crippen LogP contribution is 2.33. The molecule has 2 aromatic rings. The van der Waals surface area contributed by atoms with Gasteiger partial charge in [-0.1, -0.05) is 168 Å². The van der Waals surface area contributed by atoms with Gasteiger partial charge in [0.25, 0.3) is 0 Å². The van der Waals surface area contributed by atoms with Crippen molar-refractivity contribution in [1.82, 2.24) is 0 Å². The molecule has 0 aliphatic rings. The molecule has 0 N–H and O–H groups in total. The molecule has 8 heteroatoms. The van der Waals surface area contributed by atoms with Gasteiger partial charge in [-0.15, -0.1) is 0 Å². The molecule has 0 unspecified atom stereocenters. The SMILES string of the molecule is CCCCCCCCCCCCSCCC(=O)OCCOc1ccc(C(C)(C)c2ccc(OCCOC(=O)CCSCCCCCCCCCCCC)cc2)cc1. The van der Waals surface area contributed by atoms with Crippen LogP contribution in [0.3, 0.4) is 0 Å². The first-order chi connectivity index (χ1) is 27.9. The molecule has 0 aliphatic heterocycles. The quantitative estimate of drug-likeness (QED) is 0.0490. The molecule has 57 heavy (non-hydrogen) atoms. The van der Waals surface area contributed by atoms with Crippen molar-refractivity contribution >= 4 is 35.5 Å². The number of hydrogen-bond acceptors (Lipinski definition) is 8. The predicted octanol–water partition coefficient (Wildman–Crippen LogP) is 13.9. The van der Waals surface area contributed by atoms with Gasteiger partial charge in [-0.3, -0.25) is 9.59 Å². The summed E-state index contributed by atoms with van der Waals surface area (Å²) in [5.74, 6) is 5.09. The van der Waals surface area contributed by atoms with Crippen LogP contribution in [0.2, 0.25) is 0 Å². The molecular formula is C49H80O6S2. The van der Waals surface area contributed by atoms with Gasteiger partial charge in [0.05, 0.1) is 12.8 Å². The Bertz CT molecular complexity index is 1150. The molecule has 0 heterocycles. The van der Waals surface area contributed by atoms with Crippen LogP contribution in [0, 0.1) is 0 Å². The number of carbonyl (C=O) groups is 2. The van der Waals surface area contributed by atoms with Crippen molar-refractivity contribution in [3.05, 3.63) is 59.7 Å². The maximum Gasteiger partial charge on any atom is 0.306 e. The van der Waals surface area contributed by atoms with Crippen molar-refractivity contribution in [1.29, 1.82) is 0 Å². The predicted molar refractivity (Wildman–Crippen MR) is 245 cm³/mol. The van der Waals surface area contributed by atoms with Gasteiger partial charge in [-0.25, -0.2) is 0 Å². The second-order valence-corrected chi connectivity index (χ2v) is 18.3. The molecule has 0 bridgehead atoms. The van der Waals surface area contributed by atoms with E-state index in [1.54, 1.807) is 0 Å². The zero-order chi connectivity index (χ0) is 41.1. The van der Waals surface area contributed by atoms with Gasteiger partial charge in [-0.05, 0) is 59.7 Å². The van der Waals surface area contributed by atoms with Crippen molar-refractivity contribution in [3.8, 4) is 11.5 Å². The van der Waals surface area contributed by atoms with Crippen LogP contribution in [-0.4, -0.2) is 61.4 Å². The molecule has 2 aromatic carbocycles. The zero-order valence-corrected chi connectivity index (χ0v) is 38.2. The summed E-state index contributed by atoms with van der Waals surface area (Å²) in [4.78, 5) is 24.3. The van der Waals surface area contributed by atoms with Crippen molar-refractivity contribution in [2.45, 2.75) is 174 Å². The molecule has 0 fully saturated rings. The molecule has 0 amide bonds. The lowest BCUT2D eigenvalue weighted by Gasteiger charge is -2.26. The van der Waals surface area contributed by atoms with Gasteiger partial charge in [0.2, 0.25) is 0 Å². The Hall–Kier alpha value is -2.32. The van der Waals surface area contributed by atoms with E-state index >= 15 is 0 Å². The third-order valence-electron chi connectivity index (χ3n) is 10.6. The topological polar surface area (TPSA) is 71.1 Å². The van der Waals surface area contributed by atoms with Gasteiger partial charge in [-0.2, -0.15) is 23.5 Å². The maximum absolute atomic E-state index is 12.1. The summed E-state index contributed by atoms with van der Waals surface area (Å²) in [5, 5.41) is 0. The molecule has 0 saturated heterocycles. The standard InChI is InChI=1S/C49H80O6S2/c1-5-7-9-11-13-15-17-19-21-23-39-56-41-33-47(50)54-37-35-52-45-29-25-43(26-30-45)49(3,4)44-27-31-46(32-28-44)53-36-38-55-48(51)34-42-57-40-24-22-20-18-16-14-12-10-8-6-2/h25-32H,5-24,33-42H2,1-4H3. The molecule has 0 saturated carbocycles. The van der Waals surface area contributed by atoms with Gasteiger partial charge in [0.15, 0.2) is 0 Å². The third-order valence-corrected chi connectivity index (χ3v) is 12.7. The first-order valence-corrected chi connectivity index (χ1v) is 25.1. The van der Waals surface area contributed by atoms with E-state index in [-0.39, 0.29) is 30.6 Å². The van der Waals surface area contributed by atoms with Crippen molar-refractivity contribution < 1.29 is 28.5 Å². The number of benzene rings is 2. The van der Waals surface area contributed by atoms with E-state index in [0.717, 1.165) is 34.5 Å². The lowest BCUT2D eigenvalue weighted by molar-refractivity contribution is -0.144. The Morgan fingerprint density at radius 3 is 1.09 bits per heavy atom. The second-order valence-electron chi connectivity index (χ2n) is 15.9. The summed E-state index contributed by atoms with van der Waals surface area (Å²) in [6.07, 6.45) is 27.9. The summed E-state index contributed by atoms with van der Waals surface area (Å²) >= 11 is 3.71. The van der Waals surface area contributed by atoms with Crippen LogP contribution >= 0.6 is 23.5 Å². The molecule has 0 aliphatic carbocycles. The molecule has 6 nitrogen and oxygen atoms in total. The fraction of sp³-hybridized carbons (Fsp3) is 0.714. The van der Waals surface area contributed by atoms with E-state index in [1.165, 1.54) is 140 Å². The third kappa shape index (κ3) is 26.4. The molecule has 0 aromatic heterocycles. The summed E-state index contributed by atoms with van der Waals surface area (Å²) in [6.45, 7) is 10.1. The minimum Gasteiger partial charge on any atom is -0.490 e. The highest BCUT2D eigenvalue weighted by atomic mass is 32.2. The summed E-state index contributed by atoms with van der Waals surface area (Å²) in [7, 11) is 0. The van der Waals surface area contributed by atoms with Crippen LogP contribution in [0.5, 0.6) is 11.5 Å². The number of thioether (sulfide) groups is 2. The van der Waals surface area contributed by atoms with E-state index in [0.29, 0.717) is 26.1 Å². The molecular weight excluding hydrogens is 749 g/mol. The summed E-state index contributed by atoms with van der Waals surface area (Å²) < 4.78 is 22.5. The second kappa shape index (κ2) is 34.5. The van der Waals surface area contributed by atoms with Crippen LogP contribution in [0.4, 0.5) is 0 Å². The Balaban J connectivity index is 1.49. The molecule has 2 rings (SSSR count). The Morgan fingerprint density at radius 1 is 0.439 bits per heavy atom. The van der Waals surface area contributed by atoms with Crippen LogP contribution in [0.15, 0.2) is 48.5 Å². The minimum absolute atomic E-state index is 0.152. The maximum atomic E-state index is 12.1. The van der Waals surface area contributed by atoms with Crippen LogP contribution in [0.1, 0.15) is 180 Å². The summed E-state index contributed by atoms with van der Waals surface area (Å²) in [5.41, 5.74) is 2.11. The lowest BCUT2D eigenvalue weighted by Crippen LogP contribution is -2.19. The van der Waals surface area contributed by atoms with Gasteiger partial charge in [0.1, 0.15) is 37.9 Å². The first-order valence-electron chi connectivity index (χ1n) is 22.8. The average molecular weight is 829 g/mol. The molecule has 324 valence electrons. The van der Waals surface area contributed by atoms with Crippen LogP contribution in [-0.2, 0) is 24.5 Å². The fourth-order valence-corrected chi connectivity index (χ4v) is 8.62. The van der Waals surface area contributed by atoms with E-state index in [9.17, 15) is 9.59 Å². The molecule has 0 radical (unpaired) electrons. The van der Waals surface area contributed by atoms with Gasteiger partial charge in [0, 0.05) is 16.9 Å². The Kier molecular flexibility index (Phi) is 30.8.